The fourth-order valence-corrected chi connectivity index (χ4v) is 2.64. The number of benzene rings is 1. The van der Waals surface area contributed by atoms with Crippen molar-refractivity contribution in [1.29, 1.82) is 0 Å². The highest BCUT2D eigenvalue weighted by Crippen LogP contribution is 2.30. The largest absolute Gasteiger partial charge is 0.495 e. The molecule has 0 spiro atoms. The molecule has 1 aromatic carbocycles. The van der Waals surface area contributed by atoms with Crippen LogP contribution in [0.1, 0.15) is 12.5 Å². The van der Waals surface area contributed by atoms with Crippen LogP contribution in [0.5, 0.6) is 5.75 Å². The minimum Gasteiger partial charge on any atom is -0.495 e. The molecule has 1 amide bonds. The van der Waals surface area contributed by atoms with Gasteiger partial charge in [-0.2, -0.15) is 0 Å². The number of methoxy groups -OCH3 is 1. The van der Waals surface area contributed by atoms with Crippen molar-refractivity contribution < 1.29 is 14.3 Å². The van der Waals surface area contributed by atoms with E-state index in [-0.39, 0.29) is 6.09 Å². The second kappa shape index (κ2) is 7.89. The van der Waals surface area contributed by atoms with Crippen molar-refractivity contribution in [3.05, 3.63) is 23.8 Å². The Morgan fingerprint density at radius 3 is 2.59 bits per heavy atom. The number of piperazine rings is 1. The Labute approximate surface area is 132 Å². The van der Waals surface area contributed by atoms with E-state index in [2.05, 4.69) is 28.4 Å². The van der Waals surface area contributed by atoms with Gasteiger partial charge in [-0.05, 0) is 31.7 Å². The quantitative estimate of drug-likeness (QED) is 0.897. The van der Waals surface area contributed by atoms with Crippen LogP contribution in [-0.4, -0.2) is 57.9 Å². The third-order valence-corrected chi connectivity index (χ3v) is 3.77. The molecule has 1 saturated heterocycles. The molecule has 0 atom stereocenters. The average molecular weight is 307 g/mol. The molecule has 0 bridgehead atoms. The summed E-state index contributed by atoms with van der Waals surface area (Å²) in [6, 6.07) is 6.25. The monoisotopic (exact) mass is 307 g/mol. The van der Waals surface area contributed by atoms with Gasteiger partial charge in [-0.1, -0.05) is 6.07 Å². The first-order valence-corrected chi connectivity index (χ1v) is 7.67. The average Bonchev–Trinajstić information content (AvgIpc) is 2.55. The normalized spacial score (nSPS) is 14.9. The van der Waals surface area contributed by atoms with Crippen LogP contribution in [0.2, 0.25) is 0 Å². The van der Waals surface area contributed by atoms with E-state index in [1.807, 2.05) is 14.0 Å². The lowest BCUT2D eigenvalue weighted by Gasteiger charge is -2.36. The molecule has 1 aliphatic heterocycles. The zero-order valence-electron chi connectivity index (χ0n) is 13.6. The molecule has 0 aromatic heterocycles. The molecule has 0 unspecified atom stereocenters. The molecule has 1 fully saturated rings. The van der Waals surface area contributed by atoms with Gasteiger partial charge in [-0.25, -0.2) is 4.79 Å². The van der Waals surface area contributed by atoms with Crippen molar-refractivity contribution >= 4 is 11.8 Å². The summed E-state index contributed by atoms with van der Waals surface area (Å²) in [5, 5.41) is 3.14. The predicted octanol–water partition coefficient (Wildman–Crippen LogP) is 1.69. The van der Waals surface area contributed by atoms with E-state index in [1.54, 1.807) is 12.0 Å². The van der Waals surface area contributed by atoms with Gasteiger partial charge >= 0.3 is 6.09 Å². The number of anilines is 1. The van der Waals surface area contributed by atoms with Crippen molar-refractivity contribution in [2.45, 2.75) is 13.5 Å². The Morgan fingerprint density at radius 1 is 1.27 bits per heavy atom. The van der Waals surface area contributed by atoms with Crippen molar-refractivity contribution in [2.75, 3.05) is 51.8 Å². The number of hydrogen-bond acceptors (Lipinski definition) is 5. The van der Waals surface area contributed by atoms with Crippen LogP contribution in [0.4, 0.5) is 10.5 Å². The summed E-state index contributed by atoms with van der Waals surface area (Å²) < 4.78 is 10.6. The second-order valence-electron chi connectivity index (χ2n) is 5.21. The number of ether oxygens (including phenoxy) is 2. The molecule has 22 heavy (non-hydrogen) atoms. The molecule has 6 heteroatoms. The Kier molecular flexibility index (Phi) is 5.89. The predicted molar refractivity (Wildman–Crippen MR) is 86.6 cm³/mol. The molecule has 6 nitrogen and oxygen atoms in total. The molecule has 0 saturated carbocycles. The van der Waals surface area contributed by atoms with Crippen LogP contribution in [0.25, 0.3) is 0 Å². The maximum atomic E-state index is 11.7. The summed E-state index contributed by atoms with van der Waals surface area (Å²) in [5.74, 6) is 0.873. The van der Waals surface area contributed by atoms with E-state index in [9.17, 15) is 4.79 Å². The third-order valence-electron chi connectivity index (χ3n) is 3.77. The summed E-state index contributed by atoms with van der Waals surface area (Å²) in [5.41, 5.74) is 2.26. The lowest BCUT2D eigenvalue weighted by atomic mass is 10.1. The fraction of sp³-hybridized carbons (Fsp3) is 0.562. The number of amides is 1. The van der Waals surface area contributed by atoms with Gasteiger partial charge in [0.05, 0.1) is 19.4 Å². The van der Waals surface area contributed by atoms with Gasteiger partial charge in [-0.15, -0.1) is 0 Å². The summed E-state index contributed by atoms with van der Waals surface area (Å²) in [7, 11) is 3.62. The van der Waals surface area contributed by atoms with Crippen LogP contribution >= 0.6 is 0 Å². The Bertz CT molecular complexity index is 499. The number of rotatable bonds is 5. The molecular formula is C16H25N3O3. The van der Waals surface area contributed by atoms with Crippen molar-refractivity contribution in [3.63, 3.8) is 0 Å². The molecule has 1 aromatic rings. The maximum Gasteiger partial charge on any atom is 0.409 e. The van der Waals surface area contributed by atoms with E-state index < -0.39 is 0 Å². The smallest absolute Gasteiger partial charge is 0.409 e. The highest BCUT2D eigenvalue weighted by atomic mass is 16.6. The number of carbonyl (C=O) groups excluding carboxylic acids is 1. The van der Waals surface area contributed by atoms with E-state index in [0.717, 1.165) is 31.1 Å². The standard InChI is InChI=1S/C16H25N3O3/c1-4-22-16(20)19-9-7-18(8-10-19)14-6-5-13(12-17-2)11-15(14)21-3/h5-6,11,17H,4,7-10,12H2,1-3H3. The first-order valence-electron chi connectivity index (χ1n) is 7.67. The van der Waals surface area contributed by atoms with E-state index >= 15 is 0 Å². The zero-order chi connectivity index (χ0) is 15.9. The lowest BCUT2D eigenvalue weighted by molar-refractivity contribution is 0.105. The maximum absolute atomic E-state index is 11.7. The highest BCUT2D eigenvalue weighted by Gasteiger charge is 2.23. The highest BCUT2D eigenvalue weighted by molar-refractivity contribution is 5.68. The van der Waals surface area contributed by atoms with Gasteiger partial charge in [0.2, 0.25) is 0 Å². The van der Waals surface area contributed by atoms with Crippen molar-refractivity contribution in [1.82, 2.24) is 10.2 Å². The van der Waals surface area contributed by atoms with Gasteiger partial charge < -0.3 is 24.6 Å². The summed E-state index contributed by atoms with van der Waals surface area (Å²) in [4.78, 5) is 15.7. The SMILES string of the molecule is CCOC(=O)N1CCN(c2ccc(CNC)cc2OC)CC1. The summed E-state index contributed by atoms with van der Waals surface area (Å²) in [6.07, 6.45) is -0.224. The fourth-order valence-electron chi connectivity index (χ4n) is 2.64. The molecule has 1 aliphatic rings. The second-order valence-corrected chi connectivity index (χ2v) is 5.21. The molecular weight excluding hydrogens is 282 g/mol. The number of carbonyl (C=O) groups is 1. The van der Waals surface area contributed by atoms with E-state index in [4.69, 9.17) is 9.47 Å². The van der Waals surface area contributed by atoms with Gasteiger partial charge in [0.15, 0.2) is 0 Å². The molecule has 122 valence electrons. The van der Waals surface area contributed by atoms with Gasteiger partial charge in [0.1, 0.15) is 5.75 Å². The number of nitrogens with zero attached hydrogens (tertiary/aromatic N) is 2. The minimum absolute atomic E-state index is 0.224. The molecule has 1 heterocycles. The van der Waals surface area contributed by atoms with Crippen molar-refractivity contribution in [2.24, 2.45) is 0 Å². The minimum atomic E-state index is -0.224. The lowest BCUT2D eigenvalue weighted by Crippen LogP contribution is -2.49. The Balaban J connectivity index is 2.03. The van der Waals surface area contributed by atoms with Crippen LogP contribution in [0, 0.1) is 0 Å². The van der Waals surface area contributed by atoms with Crippen LogP contribution < -0.4 is 15.0 Å². The Morgan fingerprint density at radius 2 is 2.00 bits per heavy atom. The molecule has 1 N–H and O–H groups in total. The molecule has 2 rings (SSSR count). The first kappa shape index (κ1) is 16.4. The van der Waals surface area contributed by atoms with Gasteiger partial charge in [0.25, 0.3) is 0 Å². The third kappa shape index (κ3) is 3.82. The summed E-state index contributed by atoms with van der Waals surface area (Å²) in [6.45, 7) is 5.94. The van der Waals surface area contributed by atoms with E-state index in [1.165, 1.54) is 5.56 Å². The topological polar surface area (TPSA) is 54.0 Å². The van der Waals surface area contributed by atoms with E-state index in [0.29, 0.717) is 19.7 Å². The van der Waals surface area contributed by atoms with Crippen LogP contribution in [0.15, 0.2) is 18.2 Å². The molecule has 0 aliphatic carbocycles. The Hall–Kier alpha value is -1.95. The van der Waals surface area contributed by atoms with Crippen LogP contribution in [-0.2, 0) is 11.3 Å². The zero-order valence-corrected chi connectivity index (χ0v) is 13.6. The van der Waals surface area contributed by atoms with Crippen LogP contribution in [0.3, 0.4) is 0 Å². The number of hydrogen-bond donors (Lipinski definition) is 1. The van der Waals surface area contributed by atoms with Crippen molar-refractivity contribution in [3.8, 4) is 5.75 Å². The summed E-state index contributed by atoms with van der Waals surface area (Å²) >= 11 is 0. The van der Waals surface area contributed by atoms with Gasteiger partial charge in [-0.3, -0.25) is 0 Å². The first-order chi connectivity index (χ1) is 10.7. The van der Waals surface area contributed by atoms with Gasteiger partial charge in [0, 0.05) is 32.7 Å². The number of nitrogens with one attached hydrogen (secondary N) is 1. The molecule has 0 radical (unpaired) electrons.